The van der Waals surface area contributed by atoms with Crippen molar-refractivity contribution >= 4 is 29.9 Å². The molecule has 0 bridgehead atoms. The standard InChI is InChI=1S/C19H29N3O2.ClH/c1-13(2)21-17(23)12-14-7-9-15(10-8-14)22-18(24)16-6-4-5-11-19(16,3)20;/h7-10,13,16H,4-6,11-12,20H2,1-3H3,(H,21,23)(H,22,24);1H. The predicted octanol–water partition coefficient (Wildman–Crippen LogP) is 3.02. The number of carbonyl (C=O) groups excluding carboxylic acids is 2. The van der Waals surface area contributed by atoms with E-state index in [1.165, 1.54) is 0 Å². The van der Waals surface area contributed by atoms with E-state index < -0.39 is 5.54 Å². The normalized spacial score (nSPS) is 22.8. The van der Waals surface area contributed by atoms with Crippen molar-refractivity contribution in [2.75, 3.05) is 5.32 Å². The topological polar surface area (TPSA) is 84.2 Å². The van der Waals surface area contributed by atoms with Crippen molar-refractivity contribution in [3.8, 4) is 0 Å². The molecule has 2 unspecified atom stereocenters. The molecule has 0 spiro atoms. The number of rotatable bonds is 5. The van der Waals surface area contributed by atoms with Crippen LogP contribution in [-0.4, -0.2) is 23.4 Å². The summed E-state index contributed by atoms with van der Waals surface area (Å²) in [6.07, 6.45) is 4.20. The molecular weight excluding hydrogens is 338 g/mol. The summed E-state index contributed by atoms with van der Waals surface area (Å²) >= 11 is 0. The molecule has 25 heavy (non-hydrogen) atoms. The number of hydrogen-bond donors (Lipinski definition) is 3. The molecule has 2 rings (SSSR count). The van der Waals surface area contributed by atoms with Crippen LogP contribution in [0.4, 0.5) is 5.69 Å². The molecule has 0 heterocycles. The Labute approximate surface area is 156 Å². The minimum atomic E-state index is -0.433. The third-order valence-corrected chi connectivity index (χ3v) is 4.61. The molecule has 6 heteroatoms. The highest BCUT2D eigenvalue weighted by molar-refractivity contribution is 5.93. The minimum absolute atomic E-state index is 0. The highest BCUT2D eigenvalue weighted by Crippen LogP contribution is 2.32. The quantitative estimate of drug-likeness (QED) is 0.747. The first-order valence-corrected chi connectivity index (χ1v) is 8.76. The molecule has 0 radical (unpaired) electrons. The minimum Gasteiger partial charge on any atom is -0.354 e. The van der Waals surface area contributed by atoms with Crippen molar-refractivity contribution in [2.24, 2.45) is 11.7 Å². The number of hydrogen-bond acceptors (Lipinski definition) is 3. The second-order valence-corrected chi connectivity index (χ2v) is 7.39. The number of halogens is 1. The van der Waals surface area contributed by atoms with Crippen LogP contribution in [0.2, 0.25) is 0 Å². The van der Waals surface area contributed by atoms with E-state index in [4.69, 9.17) is 5.73 Å². The Morgan fingerprint density at radius 2 is 1.88 bits per heavy atom. The lowest BCUT2D eigenvalue weighted by Gasteiger charge is -2.37. The Hall–Kier alpha value is -1.59. The fraction of sp³-hybridized carbons (Fsp3) is 0.579. The van der Waals surface area contributed by atoms with Gasteiger partial charge in [-0.1, -0.05) is 25.0 Å². The summed E-state index contributed by atoms with van der Waals surface area (Å²) in [7, 11) is 0. The van der Waals surface area contributed by atoms with Crippen molar-refractivity contribution < 1.29 is 9.59 Å². The average Bonchev–Trinajstić information content (AvgIpc) is 2.47. The SMILES string of the molecule is CC(C)NC(=O)Cc1ccc(NC(=O)C2CCCCC2(C)N)cc1.Cl. The first-order valence-electron chi connectivity index (χ1n) is 8.76. The first kappa shape index (κ1) is 21.5. The van der Waals surface area contributed by atoms with Crippen LogP contribution in [0.5, 0.6) is 0 Å². The predicted molar refractivity (Wildman–Crippen MR) is 104 cm³/mol. The van der Waals surface area contributed by atoms with Gasteiger partial charge in [0.15, 0.2) is 0 Å². The molecule has 5 nitrogen and oxygen atoms in total. The van der Waals surface area contributed by atoms with Crippen molar-refractivity contribution in [3.63, 3.8) is 0 Å². The lowest BCUT2D eigenvalue weighted by Crippen LogP contribution is -2.51. The van der Waals surface area contributed by atoms with E-state index in [-0.39, 0.29) is 36.2 Å². The van der Waals surface area contributed by atoms with Crippen LogP contribution in [0.25, 0.3) is 0 Å². The highest BCUT2D eigenvalue weighted by Gasteiger charge is 2.37. The van der Waals surface area contributed by atoms with E-state index in [9.17, 15) is 9.59 Å². The molecule has 1 aliphatic rings. The third kappa shape index (κ3) is 6.33. The molecular formula is C19H30ClN3O2. The van der Waals surface area contributed by atoms with Gasteiger partial charge in [0.05, 0.1) is 12.3 Å². The Kier molecular flexibility index (Phi) is 7.90. The summed E-state index contributed by atoms with van der Waals surface area (Å²) in [6.45, 7) is 5.84. The molecule has 0 aliphatic heterocycles. The van der Waals surface area contributed by atoms with Gasteiger partial charge in [-0.15, -0.1) is 12.4 Å². The molecule has 0 saturated heterocycles. The molecule has 1 aromatic carbocycles. The van der Waals surface area contributed by atoms with Gasteiger partial charge in [0.2, 0.25) is 11.8 Å². The van der Waals surface area contributed by atoms with Crippen molar-refractivity contribution in [1.82, 2.24) is 5.32 Å². The number of benzene rings is 1. The van der Waals surface area contributed by atoms with Gasteiger partial charge < -0.3 is 16.4 Å². The Bertz CT molecular complexity index is 585. The molecule has 0 aromatic heterocycles. The second kappa shape index (κ2) is 9.20. The molecule has 2 atom stereocenters. The number of anilines is 1. The maximum atomic E-state index is 12.5. The van der Waals surface area contributed by atoms with Crippen molar-refractivity contribution in [3.05, 3.63) is 29.8 Å². The number of nitrogens with two attached hydrogens (primary N) is 1. The fourth-order valence-corrected chi connectivity index (χ4v) is 3.28. The van der Waals surface area contributed by atoms with E-state index >= 15 is 0 Å². The van der Waals surface area contributed by atoms with Crippen molar-refractivity contribution in [2.45, 2.75) is 64.5 Å². The zero-order valence-electron chi connectivity index (χ0n) is 15.3. The summed E-state index contributed by atoms with van der Waals surface area (Å²) in [5.41, 5.74) is 7.53. The van der Waals surface area contributed by atoms with E-state index in [2.05, 4.69) is 10.6 Å². The van der Waals surface area contributed by atoms with Crippen LogP contribution >= 0.6 is 12.4 Å². The van der Waals surface area contributed by atoms with Gasteiger partial charge in [0.1, 0.15) is 0 Å². The third-order valence-electron chi connectivity index (χ3n) is 4.61. The lowest BCUT2D eigenvalue weighted by atomic mass is 9.74. The number of carbonyl (C=O) groups is 2. The first-order chi connectivity index (χ1) is 11.3. The van der Waals surface area contributed by atoms with Gasteiger partial charge in [-0.25, -0.2) is 0 Å². The zero-order valence-corrected chi connectivity index (χ0v) is 16.1. The van der Waals surface area contributed by atoms with Crippen LogP contribution in [0.1, 0.15) is 52.0 Å². The van der Waals surface area contributed by atoms with Gasteiger partial charge in [-0.3, -0.25) is 9.59 Å². The summed E-state index contributed by atoms with van der Waals surface area (Å²) in [6, 6.07) is 7.56. The van der Waals surface area contributed by atoms with Gasteiger partial charge in [0, 0.05) is 17.3 Å². The second-order valence-electron chi connectivity index (χ2n) is 7.39. The molecule has 140 valence electrons. The number of amides is 2. The lowest BCUT2D eigenvalue weighted by molar-refractivity contribution is -0.123. The highest BCUT2D eigenvalue weighted by atomic mass is 35.5. The summed E-state index contributed by atoms with van der Waals surface area (Å²) in [5.74, 6) is -0.157. The van der Waals surface area contributed by atoms with Crippen LogP contribution in [0.15, 0.2) is 24.3 Å². The zero-order chi connectivity index (χ0) is 17.7. The van der Waals surface area contributed by atoms with Gasteiger partial charge >= 0.3 is 0 Å². The smallest absolute Gasteiger partial charge is 0.229 e. The molecule has 1 saturated carbocycles. The fourth-order valence-electron chi connectivity index (χ4n) is 3.28. The number of nitrogens with one attached hydrogen (secondary N) is 2. The summed E-state index contributed by atoms with van der Waals surface area (Å²) < 4.78 is 0. The molecule has 1 aromatic rings. The Morgan fingerprint density at radius 3 is 2.44 bits per heavy atom. The van der Waals surface area contributed by atoms with Gasteiger partial charge in [-0.05, 0) is 51.3 Å². The van der Waals surface area contributed by atoms with E-state index in [0.29, 0.717) is 6.42 Å². The van der Waals surface area contributed by atoms with Gasteiger partial charge in [-0.2, -0.15) is 0 Å². The van der Waals surface area contributed by atoms with E-state index in [1.807, 2.05) is 45.0 Å². The van der Waals surface area contributed by atoms with Crippen molar-refractivity contribution in [1.29, 1.82) is 0 Å². The summed E-state index contributed by atoms with van der Waals surface area (Å²) in [4.78, 5) is 24.3. The maximum absolute atomic E-state index is 12.5. The largest absolute Gasteiger partial charge is 0.354 e. The van der Waals surface area contributed by atoms with Crippen LogP contribution in [0.3, 0.4) is 0 Å². The Balaban J connectivity index is 0.00000312. The molecule has 4 N–H and O–H groups in total. The summed E-state index contributed by atoms with van der Waals surface area (Å²) in [5, 5.41) is 5.83. The monoisotopic (exact) mass is 367 g/mol. The molecule has 1 fully saturated rings. The van der Waals surface area contributed by atoms with E-state index in [1.54, 1.807) is 0 Å². The van der Waals surface area contributed by atoms with Gasteiger partial charge in [0.25, 0.3) is 0 Å². The Morgan fingerprint density at radius 1 is 1.24 bits per heavy atom. The van der Waals surface area contributed by atoms with Crippen LogP contribution in [-0.2, 0) is 16.0 Å². The van der Waals surface area contributed by atoms with E-state index in [0.717, 1.165) is 36.9 Å². The van der Waals surface area contributed by atoms with Crippen LogP contribution in [0, 0.1) is 5.92 Å². The average molecular weight is 368 g/mol. The molecule has 1 aliphatic carbocycles. The van der Waals surface area contributed by atoms with Crippen LogP contribution < -0.4 is 16.4 Å². The maximum Gasteiger partial charge on any atom is 0.229 e. The molecule has 2 amide bonds.